The van der Waals surface area contributed by atoms with E-state index in [1.807, 2.05) is 24.4 Å². The maximum atomic E-state index is 12.6. The van der Waals surface area contributed by atoms with E-state index in [1.165, 1.54) is 13.5 Å². The molecule has 9 heteroatoms. The molecule has 0 aliphatic heterocycles. The van der Waals surface area contributed by atoms with Crippen LogP contribution in [0.3, 0.4) is 0 Å². The fraction of sp³-hybridized carbons (Fsp3) is 0.500. The first-order chi connectivity index (χ1) is 13.9. The molecule has 1 aliphatic carbocycles. The van der Waals surface area contributed by atoms with Gasteiger partial charge in [-0.3, -0.25) is 4.68 Å². The van der Waals surface area contributed by atoms with Crippen LogP contribution in [0.1, 0.15) is 43.2 Å². The Morgan fingerprint density at radius 1 is 1.34 bits per heavy atom. The summed E-state index contributed by atoms with van der Waals surface area (Å²) < 4.78 is 36.5. The zero-order valence-corrected chi connectivity index (χ0v) is 17.8. The Labute approximate surface area is 172 Å². The molecule has 1 aliphatic rings. The Morgan fingerprint density at radius 3 is 2.72 bits per heavy atom. The minimum atomic E-state index is -3.66. The van der Waals surface area contributed by atoms with E-state index in [-0.39, 0.29) is 17.5 Å². The van der Waals surface area contributed by atoms with Gasteiger partial charge < -0.3 is 15.8 Å². The van der Waals surface area contributed by atoms with Crippen LogP contribution in [0.2, 0.25) is 0 Å². The van der Waals surface area contributed by atoms with E-state index in [1.54, 1.807) is 17.9 Å². The second-order valence-corrected chi connectivity index (χ2v) is 9.08. The Morgan fingerprint density at radius 2 is 2.10 bits per heavy atom. The summed E-state index contributed by atoms with van der Waals surface area (Å²) in [7, 11) is -0.387. The summed E-state index contributed by atoms with van der Waals surface area (Å²) in [5.41, 5.74) is 8.20. The number of anilines is 1. The van der Waals surface area contributed by atoms with E-state index in [0.29, 0.717) is 23.5 Å². The Bertz CT molecular complexity index is 923. The lowest BCUT2D eigenvalue weighted by Gasteiger charge is -2.20. The van der Waals surface area contributed by atoms with Crippen molar-refractivity contribution in [2.45, 2.75) is 38.6 Å². The normalized spacial score (nSPS) is 16.0. The lowest BCUT2D eigenvalue weighted by molar-refractivity contribution is 0.385. The predicted octanol–water partition coefficient (Wildman–Crippen LogP) is 2.60. The fourth-order valence-corrected chi connectivity index (χ4v) is 5.25. The van der Waals surface area contributed by atoms with Crippen LogP contribution >= 0.6 is 0 Å². The number of benzene rings is 1. The van der Waals surface area contributed by atoms with Gasteiger partial charge in [-0.2, -0.15) is 5.10 Å². The number of sulfonamides is 1. The lowest BCUT2D eigenvalue weighted by Crippen LogP contribution is -2.23. The first kappa shape index (κ1) is 21.2. The largest absolute Gasteiger partial charge is 0.496 e. The first-order valence-electron chi connectivity index (χ1n) is 9.86. The predicted molar refractivity (Wildman–Crippen MR) is 115 cm³/mol. The van der Waals surface area contributed by atoms with Crippen LogP contribution in [-0.4, -0.2) is 43.9 Å². The molecule has 1 fully saturated rings. The van der Waals surface area contributed by atoms with Gasteiger partial charge in [0, 0.05) is 25.1 Å². The molecule has 0 radical (unpaired) electrons. The summed E-state index contributed by atoms with van der Waals surface area (Å²) in [6.45, 7) is 0.551. The number of hydrogen-bond acceptors (Lipinski definition) is 5. The number of aromatic nitrogens is 2. The van der Waals surface area contributed by atoms with Crippen LogP contribution in [0.5, 0.6) is 5.75 Å². The van der Waals surface area contributed by atoms with Gasteiger partial charge in [0.15, 0.2) is 0 Å². The summed E-state index contributed by atoms with van der Waals surface area (Å²) in [6.07, 6.45) is 8.78. The third-order valence-electron chi connectivity index (χ3n) is 5.22. The molecule has 158 valence electrons. The highest BCUT2D eigenvalue weighted by Crippen LogP contribution is 2.30. The van der Waals surface area contributed by atoms with E-state index in [0.717, 1.165) is 31.2 Å². The van der Waals surface area contributed by atoms with Gasteiger partial charge in [0.1, 0.15) is 11.6 Å². The molecular formula is C20H29N5O3S. The molecule has 8 nitrogen and oxygen atoms in total. The Kier molecular flexibility index (Phi) is 6.79. The average molecular weight is 420 g/mol. The monoisotopic (exact) mass is 419 g/mol. The van der Waals surface area contributed by atoms with Gasteiger partial charge in [0.2, 0.25) is 0 Å². The number of nitrogens with two attached hydrogens (primary N) is 1. The van der Waals surface area contributed by atoms with Gasteiger partial charge in [-0.05, 0) is 42.5 Å². The SMILES string of the molecule is CNc1cc(Cn2cccn2)cc(OC)c1/C(N)=N/S(=O)(=O)CC1CCCCC1. The molecular weight excluding hydrogens is 390 g/mol. The van der Waals surface area contributed by atoms with Crippen molar-refractivity contribution in [3.8, 4) is 5.75 Å². The topological polar surface area (TPSA) is 112 Å². The number of ether oxygens (including phenoxy) is 1. The highest BCUT2D eigenvalue weighted by atomic mass is 32.2. The van der Waals surface area contributed by atoms with E-state index < -0.39 is 10.0 Å². The second-order valence-electron chi connectivity index (χ2n) is 7.40. The van der Waals surface area contributed by atoms with E-state index >= 15 is 0 Å². The average Bonchev–Trinajstić information content (AvgIpc) is 3.20. The number of nitrogens with one attached hydrogen (secondary N) is 1. The number of nitrogens with zero attached hydrogens (tertiary/aromatic N) is 3. The van der Waals surface area contributed by atoms with Crippen LogP contribution in [-0.2, 0) is 16.6 Å². The maximum absolute atomic E-state index is 12.6. The molecule has 1 saturated carbocycles. The number of rotatable bonds is 8. The molecule has 0 unspecified atom stereocenters. The lowest BCUT2D eigenvalue weighted by atomic mass is 9.91. The summed E-state index contributed by atoms with van der Waals surface area (Å²) in [6, 6.07) is 5.58. The third-order valence-corrected chi connectivity index (χ3v) is 6.59. The molecule has 0 atom stereocenters. The molecule has 0 bridgehead atoms. The zero-order valence-electron chi connectivity index (χ0n) is 17.0. The molecule has 1 aromatic carbocycles. The van der Waals surface area contributed by atoms with E-state index in [9.17, 15) is 8.42 Å². The summed E-state index contributed by atoms with van der Waals surface area (Å²) in [5, 5.41) is 7.28. The maximum Gasteiger partial charge on any atom is 0.255 e. The second kappa shape index (κ2) is 9.30. The van der Waals surface area contributed by atoms with Gasteiger partial charge in [-0.1, -0.05) is 19.3 Å². The third kappa shape index (κ3) is 5.50. The van der Waals surface area contributed by atoms with Gasteiger partial charge in [-0.25, -0.2) is 8.42 Å². The fourth-order valence-electron chi connectivity index (χ4n) is 3.85. The van der Waals surface area contributed by atoms with Crippen molar-refractivity contribution in [1.29, 1.82) is 0 Å². The number of amidine groups is 1. The molecule has 1 aromatic heterocycles. The van der Waals surface area contributed by atoms with Crippen LogP contribution in [0.25, 0.3) is 0 Å². The van der Waals surface area contributed by atoms with Crippen LogP contribution in [0.4, 0.5) is 5.69 Å². The van der Waals surface area contributed by atoms with Crippen molar-refractivity contribution in [3.63, 3.8) is 0 Å². The van der Waals surface area contributed by atoms with Crippen molar-refractivity contribution in [1.82, 2.24) is 9.78 Å². The van der Waals surface area contributed by atoms with Crippen LogP contribution in [0.15, 0.2) is 35.0 Å². The van der Waals surface area contributed by atoms with Crippen molar-refractivity contribution in [2.24, 2.45) is 16.0 Å². The minimum absolute atomic E-state index is 0.0439. The smallest absolute Gasteiger partial charge is 0.255 e. The number of methoxy groups -OCH3 is 1. The summed E-state index contributed by atoms with van der Waals surface area (Å²) in [4.78, 5) is 0. The minimum Gasteiger partial charge on any atom is -0.496 e. The van der Waals surface area contributed by atoms with E-state index in [2.05, 4.69) is 14.8 Å². The van der Waals surface area contributed by atoms with Crippen molar-refractivity contribution in [2.75, 3.05) is 25.2 Å². The van der Waals surface area contributed by atoms with Gasteiger partial charge in [0.05, 0.1) is 25.0 Å². The molecule has 3 N–H and O–H groups in total. The first-order valence-corrected chi connectivity index (χ1v) is 11.5. The van der Waals surface area contributed by atoms with Crippen molar-refractivity contribution < 1.29 is 13.2 Å². The molecule has 2 aromatic rings. The van der Waals surface area contributed by atoms with Crippen molar-refractivity contribution in [3.05, 3.63) is 41.7 Å². The highest BCUT2D eigenvalue weighted by Gasteiger charge is 2.23. The van der Waals surface area contributed by atoms with Gasteiger partial charge in [0.25, 0.3) is 10.0 Å². The summed E-state index contributed by atoms with van der Waals surface area (Å²) >= 11 is 0. The Hall–Kier alpha value is -2.55. The number of hydrogen-bond donors (Lipinski definition) is 2. The Balaban J connectivity index is 1.89. The molecule has 0 amide bonds. The van der Waals surface area contributed by atoms with Crippen LogP contribution in [0, 0.1) is 5.92 Å². The van der Waals surface area contributed by atoms with Crippen LogP contribution < -0.4 is 15.8 Å². The van der Waals surface area contributed by atoms with Gasteiger partial charge >= 0.3 is 0 Å². The highest BCUT2D eigenvalue weighted by molar-refractivity contribution is 7.90. The molecule has 0 saturated heterocycles. The summed E-state index contributed by atoms with van der Waals surface area (Å²) in [5.74, 6) is 0.607. The van der Waals surface area contributed by atoms with Gasteiger partial charge in [-0.15, -0.1) is 4.40 Å². The quantitative estimate of drug-likeness (QED) is 0.502. The molecule has 3 rings (SSSR count). The van der Waals surface area contributed by atoms with Crippen molar-refractivity contribution >= 4 is 21.5 Å². The van der Waals surface area contributed by atoms with E-state index in [4.69, 9.17) is 10.5 Å². The molecule has 29 heavy (non-hydrogen) atoms. The molecule has 0 spiro atoms. The zero-order chi connectivity index (χ0) is 20.9. The standard InChI is InChI=1S/C20H29N5O3S/c1-22-17-11-16(13-25-10-6-9-23-25)12-18(28-2)19(17)20(21)24-29(26,27)14-15-7-4-3-5-8-15/h6,9-12,15,22H,3-5,7-8,13-14H2,1-2H3,(H2,21,24). The molecule has 1 heterocycles.